The van der Waals surface area contributed by atoms with Crippen LogP contribution in [0.1, 0.15) is 13.8 Å². The molecule has 0 rings (SSSR count). The van der Waals surface area contributed by atoms with Crippen LogP contribution in [0.2, 0.25) is 0 Å². The van der Waals surface area contributed by atoms with E-state index in [4.69, 9.17) is 5.11 Å². The summed E-state index contributed by atoms with van der Waals surface area (Å²) in [5, 5.41) is 9.13. The van der Waals surface area contributed by atoms with Crippen molar-refractivity contribution in [2.24, 2.45) is 0 Å². The number of rotatable bonds is 4. The normalized spacial score (nSPS) is 14.0. The Morgan fingerprint density at radius 1 is 1.00 bits per heavy atom. The Bertz CT molecular complexity index is 410. The Balaban J connectivity index is 5.93. The van der Waals surface area contributed by atoms with E-state index < -0.39 is 29.3 Å². The van der Waals surface area contributed by atoms with E-state index in [0.717, 1.165) is 13.2 Å². The molecule has 0 saturated carbocycles. The van der Waals surface area contributed by atoms with Crippen molar-refractivity contribution in [3.8, 4) is 0 Å². The summed E-state index contributed by atoms with van der Waals surface area (Å²) in [7, 11) is 0.878. The number of aliphatic hydroxyl groups is 1. The maximum atomic E-state index is 12.6. The van der Waals surface area contributed by atoms with Crippen molar-refractivity contribution in [3.05, 3.63) is 35.6 Å². The van der Waals surface area contributed by atoms with Crippen LogP contribution in [0.5, 0.6) is 0 Å². The second-order valence-electron chi connectivity index (χ2n) is 4.16. The van der Waals surface area contributed by atoms with Crippen LogP contribution in [0.25, 0.3) is 0 Å². The summed E-state index contributed by atoms with van der Waals surface area (Å²) >= 11 is 0. The molecule has 0 aliphatic heterocycles. The molecule has 0 aromatic rings. The van der Waals surface area contributed by atoms with E-state index >= 15 is 0 Å². The molecule has 0 heterocycles. The van der Waals surface area contributed by atoms with E-state index in [2.05, 4.69) is 11.3 Å². The van der Waals surface area contributed by atoms with Gasteiger partial charge in [0.15, 0.2) is 0 Å². The number of methoxy groups -OCH3 is 1. The molecule has 1 N–H and O–H groups in total. The topological polar surface area (TPSA) is 29.5 Å². The molecule has 116 valence electrons. The highest BCUT2D eigenvalue weighted by Crippen LogP contribution is 2.48. The van der Waals surface area contributed by atoms with Gasteiger partial charge in [-0.05, 0) is 19.9 Å². The second kappa shape index (κ2) is 5.90. The molecule has 0 aromatic carbocycles. The lowest BCUT2D eigenvalue weighted by atomic mass is 9.91. The third-order valence-corrected chi connectivity index (χ3v) is 2.34. The van der Waals surface area contributed by atoms with E-state index in [1.807, 2.05) is 0 Å². The number of hydrogen-bond donors (Lipinski definition) is 1. The van der Waals surface area contributed by atoms with Gasteiger partial charge in [-0.2, -0.15) is 26.3 Å². The molecule has 0 bridgehead atoms. The molecule has 0 aromatic heterocycles. The van der Waals surface area contributed by atoms with E-state index in [9.17, 15) is 26.3 Å². The van der Waals surface area contributed by atoms with Gasteiger partial charge >= 0.3 is 12.4 Å². The van der Waals surface area contributed by atoms with Crippen molar-refractivity contribution in [2.45, 2.75) is 31.8 Å². The molecule has 8 heteroatoms. The molecule has 0 atom stereocenters. The maximum absolute atomic E-state index is 12.6. The van der Waals surface area contributed by atoms with Crippen LogP contribution < -0.4 is 0 Å². The second-order valence-corrected chi connectivity index (χ2v) is 4.16. The molecule has 0 saturated heterocycles. The lowest BCUT2D eigenvalue weighted by Gasteiger charge is -2.34. The van der Waals surface area contributed by atoms with Crippen LogP contribution in [0.3, 0.4) is 0 Å². The average Bonchev–Trinajstić information content (AvgIpc) is 2.24. The van der Waals surface area contributed by atoms with Crippen LogP contribution in [0, 0.1) is 0 Å². The Hall–Kier alpha value is -1.44. The number of halogens is 6. The molecule has 0 aliphatic carbocycles. The predicted molar refractivity (Wildman–Crippen MR) is 60.7 cm³/mol. The fraction of sp³-hybridized carbons (Fsp3) is 0.500. The first-order chi connectivity index (χ1) is 8.79. The van der Waals surface area contributed by atoms with Gasteiger partial charge in [-0.3, -0.25) is 0 Å². The molecule has 0 radical (unpaired) electrons. The van der Waals surface area contributed by atoms with Gasteiger partial charge < -0.3 is 9.84 Å². The third-order valence-electron chi connectivity index (χ3n) is 2.34. The minimum atomic E-state index is -5.98. The zero-order valence-corrected chi connectivity index (χ0v) is 11.0. The summed E-state index contributed by atoms with van der Waals surface area (Å²) in [6.45, 7) is 5.85. The first-order valence-electron chi connectivity index (χ1n) is 5.23. The highest BCUT2D eigenvalue weighted by Gasteiger charge is 2.72. The molecule has 0 amide bonds. The van der Waals surface area contributed by atoms with Crippen LogP contribution in [-0.4, -0.2) is 30.2 Å². The molecule has 2 nitrogen and oxygen atoms in total. The molecule has 20 heavy (non-hydrogen) atoms. The molecular formula is C12H14F6O2. The summed E-state index contributed by atoms with van der Waals surface area (Å²) in [6, 6.07) is 0. The van der Waals surface area contributed by atoms with Crippen LogP contribution in [-0.2, 0) is 4.74 Å². The van der Waals surface area contributed by atoms with Gasteiger partial charge in [-0.1, -0.05) is 18.2 Å². The minimum Gasteiger partial charge on any atom is -0.496 e. The summed E-state index contributed by atoms with van der Waals surface area (Å²) < 4.78 is 80.2. The van der Waals surface area contributed by atoms with Crippen molar-refractivity contribution in [3.63, 3.8) is 0 Å². The summed E-state index contributed by atoms with van der Waals surface area (Å²) in [4.78, 5) is 0. The molecule has 0 spiro atoms. The van der Waals surface area contributed by atoms with Crippen molar-refractivity contribution in [2.75, 3.05) is 7.11 Å². The van der Waals surface area contributed by atoms with Gasteiger partial charge in [0.2, 0.25) is 0 Å². The SMILES string of the molecule is C=C(/C(=C\C=C(C)C)OC)C(O)(C(F)(F)F)C(F)(F)F. The van der Waals surface area contributed by atoms with Crippen molar-refractivity contribution in [1.82, 2.24) is 0 Å². The van der Waals surface area contributed by atoms with Crippen LogP contribution in [0.15, 0.2) is 35.6 Å². The van der Waals surface area contributed by atoms with Gasteiger partial charge in [-0.25, -0.2) is 0 Å². The zero-order valence-electron chi connectivity index (χ0n) is 11.0. The quantitative estimate of drug-likeness (QED) is 0.485. The van der Waals surface area contributed by atoms with Gasteiger partial charge in [0, 0.05) is 5.57 Å². The number of ether oxygens (including phenoxy) is 1. The Kier molecular flexibility index (Phi) is 5.48. The first kappa shape index (κ1) is 18.6. The standard InChI is InChI=1S/C12H14F6O2/c1-7(2)5-6-9(20-4)8(3)10(19,11(13,14)15)12(16,17)18/h5-6,19H,3H2,1-2,4H3/b9-6+. The lowest BCUT2D eigenvalue weighted by Crippen LogP contribution is -2.58. The smallest absolute Gasteiger partial charge is 0.430 e. The van der Waals surface area contributed by atoms with Crippen molar-refractivity contribution < 1.29 is 36.2 Å². The van der Waals surface area contributed by atoms with E-state index in [-0.39, 0.29) is 0 Å². The monoisotopic (exact) mass is 304 g/mol. The fourth-order valence-corrected chi connectivity index (χ4v) is 1.22. The highest BCUT2D eigenvalue weighted by molar-refractivity contribution is 5.37. The number of hydrogen-bond acceptors (Lipinski definition) is 2. The van der Waals surface area contributed by atoms with Gasteiger partial charge in [0.05, 0.1) is 7.11 Å². The van der Waals surface area contributed by atoms with Crippen LogP contribution in [0.4, 0.5) is 26.3 Å². The largest absolute Gasteiger partial charge is 0.496 e. The average molecular weight is 304 g/mol. The fourth-order valence-electron chi connectivity index (χ4n) is 1.22. The van der Waals surface area contributed by atoms with Gasteiger partial charge in [0.1, 0.15) is 5.76 Å². The van der Waals surface area contributed by atoms with Crippen LogP contribution >= 0.6 is 0 Å². The number of allylic oxidation sites excluding steroid dienone is 3. The third kappa shape index (κ3) is 3.56. The molecular weight excluding hydrogens is 290 g/mol. The van der Waals surface area contributed by atoms with Crippen molar-refractivity contribution >= 4 is 0 Å². The Labute approximate surface area is 112 Å². The molecule has 0 aliphatic rings. The summed E-state index contributed by atoms with van der Waals surface area (Å²) in [5.74, 6) is -0.816. The Morgan fingerprint density at radius 2 is 1.40 bits per heavy atom. The zero-order chi connectivity index (χ0) is 16.4. The summed E-state index contributed by atoms with van der Waals surface area (Å²) in [5.41, 5.74) is -6.09. The molecule has 0 fully saturated rings. The van der Waals surface area contributed by atoms with E-state index in [1.165, 1.54) is 6.08 Å². The lowest BCUT2D eigenvalue weighted by molar-refractivity contribution is -0.351. The highest BCUT2D eigenvalue weighted by atomic mass is 19.4. The van der Waals surface area contributed by atoms with Gasteiger partial charge in [0.25, 0.3) is 5.60 Å². The maximum Gasteiger partial charge on any atom is 0.430 e. The minimum absolute atomic E-state index is 0.606. The molecule has 0 unspecified atom stereocenters. The Morgan fingerprint density at radius 3 is 1.65 bits per heavy atom. The van der Waals surface area contributed by atoms with Gasteiger partial charge in [-0.15, -0.1) is 0 Å². The first-order valence-corrected chi connectivity index (χ1v) is 5.23. The van der Waals surface area contributed by atoms with E-state index in [0.29, 0.717) is 5.57 Å². The summed E-state index contributed by atoms with van der Waals surface area (Å²) in [6.07, 6.45) is -9.85. The predicted octanol–water partition coefficient (Wildman–Crippen LogP) is 3.89. The number of alkyl halides is 6. The van der Waals surface area contributed by atoms with Crippen molar-refractivity contribution in [1.29, 1.82) is 0 Å². The van der Waals surface area contributed by atoms with E-state index in [1.54, 1.807) is 13.8 Å².